The molecule has 9 heteroatoms. The maximum absolute atomic E-state index is 12.0. The van der Waals surface area contributed by atoms with Gasteiger partial charge in [-0.25, -0.2) is 4.98 Å². The molecule has 0 saturated heterocycles. The van der Waals surface area contributed by atoms with E-state index in [1.165, 1.54) is 0 Å². The molecule has 5 nitrogen and oxygen atoms in total. The number of alkyl halides is 3. The third-order valence-corrected chi connectivity index (χ3v) is 1.75. The van der Waals surface area contributed by atoms with E-state index in [9.17, 15) is 23.1 Å². The molecule has 0 amide bonds. The number of pyridine rings is 1. The average Bonchev–Trinajstić information content (AvgIpc) is 2.18. The van der Waals surface area contributed by atoms with Gasteiger partial charge in [0.05, 0.1) is 7.11 Å². The van der Waals surface area contributed by atoms with Gasteiger partial charge in [-0.15, -0.1) is 13.2 Å². The molecule has 0 saturated carbocycles. The third-order valence-electron chi connectivity index (χ3n) is 1.56. The fourth-order valence-electron chi connectivity index (χ4n) is 0.930. The van der Waals surface area contributed by atoms with Gasteiger partial charge in [0.25, 0.3) is 11.1 Å². The lowest BCUT2D eigenvalue weighted by atomic mass is 10.3. The van der Waals surface area contributed by atoms with E-state index >= 15 is 0 Å². The summed E-state index contributed by atoms with van der Waals surface area (Å²) in [4.78, 5) is 13.9. The number of methoxy groups -OCH3 is 1. The summed E-state index contributed by atoms with van der Waals surface area (Å²) in [7, 11) is 1.08. The Bertz CT molecular complexity index is 449. The number of carbonyl (C=O) groups excluding carboxylic acids is 1. The number of hydrogen-bond acceptors (Lipinski definition) is 5. The van der Waals surface area contributed by atoms with E-state index in [-0.39, 0.29) is 0 Å². The van der Waals surface area contributed by atoms with Gasteiger partial charge >= 0.3 is 6.36 Å². The Morgan fingerprint density at radius 3 is 2.53 bits per heavy atom. The van der Waals surface area contributed by atoms with Crippen molar-refractivity contribution in [3.8, 4) is 17.4 Å². The van der Waals surface area contributed by atoms with Gasteiger partial charge in [0, 0.05) is 6.07 Å². The van der Waals surface area contributed by atoms with Crippen LogP contribution >= 0.6 is 11.6 Å². The molecule has 0 aromatic carbocycles. The Morgan fingerprint density at radius 1 is 1.53 bits per heavy atom. The standard InChI is InChI=1S/C8H5ClF3NO4/c1-16-4-2-3(6(9)15)13-7(5(4)14)17-8(10,11)12/h2,14H,1H3. The predicted octanol–water partition coefficient (Wildman–Crippen LogP) is 2.07. The first-order valence-electron chi connectivity index (χ1n) is 3.98. The molecule has 0 atom stereocenters. The van der Waals surface area contributed by atoms with Crippen LogP contribution in [0.1, 0.15) is 10.5 Å². The Labute approximate surface area is 97.7 Å². The van der Waals surface area contributed by atoms with Crippen LogP contribution in [0.3, 0.4) is 0 Å². The Balaban J connectivity index is 3.28. The smallest absolute Gasteiger partial charge is 0.501 e. The molecule has 94 valence electrons. The number of hydrogen-bond donors (Lipinski definition) is 1. The van der Waals surface area contributed by atoms with Gasteiger partial charge in [0.15, 0.2) is 5.75 Å². The van der Waals surface area contributed by atoms with Gasteiger partial charge in [-0.3, -0.25) is 4.79 Å². The van der Waals surface area contributed by atoms with Gasteiger partial charge in [0.1, 0.15) is 5.69 Å². The fraction of sp³-hybridized carbons (Fsp3) is 0.250. The first kappa shape index (κ1) is 13.4. The minimum atomic E-state index is -5.07. The zero-order chi connectivity index (χ0) is 13.2. The van der Waals surface area contributed by atoms with Crippen LogP contribution in [-0.2, 0) is 0 Å². The second-order valence-electron chi connectivity index (χ2n) is 2.69. The summed E-state index contributed by atoms with van der Waals surface area (Å²) in [6.45, 7) is 0. The Hall–Kier alpha value is -1.70. The highest BCUT2D eigenvalue weighted by Gasteiger charge is 2.34. The van der Waals surface area contributed by atoms with Crippen molar-refractivity contribution in [1.29, 1.82) is 0 Å². The fourth-order valence-corrected chi connectivity index (χ4v) is 1.03. The maximum atomic E-state index is 12.0. The summed E-state index contributed by atoms with van der Waals surface area (Å²) in [6.07, 6.45) is -5.07. The molecule has 1 rings (SSSR count). The van der Waals surface area contributed by atoms with Crippen molar-refractivity contribution < 1.29 is 32.5 Å². The molecule has 0 unspecified atom stereocenters. The molecule has 1 aromatic heterocycles. The van der Waals surface area contributed by atoms with Crippen LogP contribution in [0.5, 0.6) is 17.4 Å². The quantitative estimate of drug-likeness (QED) is 0.852. The summed E-state index contributed by atoms with van der Waals surface area (Å²) < 4.78 is 43.8. The predicted molar refractivity (Wildman–Crippen MR) is 49.3 cm³/mol. The average molecular weight is 272 g/mol. The molecule has 1 N–H and O–H groups in total. The SMILES string of the molecule is COc1cc(C(=O)Cl)nc(OC(F)(F)F)c1O. The van der Waals surface area contributed by atoms with E-state index in [1.807, 2.05) is 0 Å². The van der Waals surface area contributed by atoms with E-state index in [0.29, 0.717) is 0 Å². The van der Waals surface area contributed by atoms with E-state index in [4.69, 9.17) is 11.6 Å². The largest absolute Gasteiger partial charge is 0.574 e. The van der Waals surface area contributed by atoms with Gasteiger partial charge in [-0.2, -0.15) is 0 Å². The highest BCUT2D eigenvalue weighted by Crippen LogP contribution is 2.37. The van der Waals surface area contributed by atoms with E-state index in [0.717, 1.165) is 13.2 Å². The van der Waals surface area contributed by atoms with Crippen molar-refractivity contribution in [2.45, 2.75) is 6.36 Å². The van der Waals surface area contributed by atoms with Crippen LogP contribution in [0.4, 0.5) is 13.2 Å². The molecule has 0 radical (unpaired) electrons. The van der Waals surface area contributed by atoms with Crippen LogP contribution in [0.15, 0.2) is 6.07 Å². The number of ether oxygens (including phenoxy) is 2. The summed E-state index contributed by atoms with van der Waals surface area (Å²) in [5.74, 6) is -2.60. The van der Waals surface area contributed by atoms with E-state index in [1.54, 1.807) is 0 Å². The van der Waals surface area contributed by atoms with Gasteiger partial charge in [-0.1, -0.05) is 0 Å². The highest BCUT2D eigenvalue weighted by atomic mass is 35.5. The lowest BCUT2D eigenvalue weighted by Gasteiger charge is -2.12. The molecule has 0 aliphatic heterocycles. The van der Waals surface area contributed by atoms with Crippen LogP contribution in [0, 0.1) is 0 Å². The zero-order valence-corrected chi connectivity index (χ0v) is 8.96. The number of halogens is 4. The molecule has 0 aliphatic rings. The maximum Gasteiger partial charge on any atom is 0.574 e. The summed E-state index contributed by atoms with van der Waals surface area (Å²) in [5.41, 5.74) is -0.541. The van der Waals surface area contributed by atoms with Gasteiger partial charge in [0.2, 0.25) is 5.75 Å². The van der Waals surface area contributed by atoms with Crippen molar-refractivity contribution in [1.82, 2.24) is 4.98 Å². The second kappa shape index (κ2) is 4.66. The minimum Gasteiger partial charge on any atom is -0.501 e. The zero-order valence-electron chi connectivity index (χ0n) is 8.21. The lowest BCUT2D eigenvalue weighted by Crippen LogP contribution is -2.18. The topological polar surface area (TPSA) is 68.7 Å². The van der Waals surface area contributed by atoms with Crippen LogP contribution in [-0.4, -0.2) is 28.8 Å². The lowest BCUT2D eigenvalue weighted by molar-refractivity contribution is -0.276. The van der Waals surface area contributed by atoms with Crippen molar-refractivity contribution in [3.63, 3.8) is 0 Å². The minimum absolute atomic E-state index is 0.414. The van der Waals surface area contributed by atoms with Crippen molar-refractivity contribution in [3.05, 3.63) is 11.8 Å². The number of aromatic nitrogens is 1. The van der Waals surface area contributed by atoms with Crippen molar-refractivity contribution in [2.24, 2.45) is 0 Å². The first-order valence-corrected chi connectivity index (χ1v) is 4.36. The number of rotatable bonds is 3. The van der Waals surface area contributed by atoms with Gasteiger partial charge < -0.3 is 14.6 Å². The number of carbonyl (C=O) groups is 1. The molecule has 0 aliphatic carbocycles. The third kappa shape index (κ3) is 3.38. The van der Waals surface area contributed by atoms with E-state index in [2.05, 4.69) is 14.5 Å². The van der Waals surface area contributed by atoms with Crippen LogP contribution in [0.25, 0.3) is 0 Å². The summed E-state index contributed by atoms with van der Waals surface area (Å²) in [5, 5.41) is 8.18. The van der Waals surface area contributed by atoms with Crippen LogP contribution < -0.4 is 9.47 Å². The summed E-state index contributed by atoms with van der Waals surface area (Å²) >= 11 is 5.05. The molecular weight excluding hydrogens is 267 g/mol. The molecule has 0 bridgehead atoms. The highest BCUT2D eigenvalue weighted by molar-refractivity contribution is 6.67. The second-order valence-corrected chi connectivity index (χ2v) is 3.03. The number of aromatic hydroxyl groups is 1. The molecule has 0 fully saturated rings. The molecule has 1 aromatic rings. The monoisotopic (exact) mass is 271 g/mol. The Morgan fingerprint density at radius 2 is 2.12 bits per heavy atom. The summed E-state index contributed by atoms with van der Waals surface area (Å²) in [6, 6.07) is 0.883. The molecule has 0 spiro atoms. The molecule has 1 heterocycles. The van der Waals surface area contributed by atoms with Gasteiger partial charge in [-0.05, 0) is 11.6 Å². The first-order chi connectivity index (χ1) is 7.74. The molecular formula is C8H5ClF3NO4. The van der Waals surface area contributed by atoms with Crippen LogP contribution in [0.2, 0.25) is 0 Å². The van der Waals surface area contributed by atoms with Crippen molar-refractivity contribution >= 4 is 16.8 Å². The van der Waals surface area contributed by atoms with Crippen molar-refractivity contribution in [2.75, 3.05) is 7.11 Å². The van der Waals surface area contributed by atoms with E-state index < -0.39 is 34.7 Å². The normalized spacial score (nSPS) is 11.1. The molecule has 17 heavy (non-hydrogen) atoms. The Kier molecular flexibility index (Phi) is 3.66. The number of nitrogens with zero attached hydrogens (tertiary/aromatic N) is 1.